The number of urea groups is 1. The minimum Gasteiger partial charge on any atom is -0.465 e. The van der Waals surface area contributed by atoms with E-state index in [0.717, 1.165) is 17.0 Å². The highest BCUT2D eigenvalue weighted by atomic mass is 19.1. The van der Waals surface area contributed by atoms with E-state index in [9.17, 15) is 18.8 Å². The van der Waals surface area contributed by atoms with Crippen LogP contribution in [0.25, 0.3) is 0 Å². The van der Waals surface area contributed by atoms with Crippen molar-refractivity contribution in [1.29, 1.82) is 0 Å². The summed E-state index contributed by atoms with van der Waals surface area (Å²) in [6, 6.07) is 2.89. The number of carbonyl (C=O) groups excluding carboxylic acids is 3. The maximum Gasteiger partial charge on any atom is 0.338 e. The van der Waals surface area contributed by atoms with E-state index in [1.54, 1.807) is 6.92 Å². The Labute approximate surface area is 132 Å². The van der Waals surface area contributed by atoms with Gasteiger partial charge in [0.1, 0.15) is 11.4 Å². The summed E-state index contributed by atoms with van der Waals surface area (Å²) in [5, 5.41) is 2.55. The number of imide groups is 1. The van der Waals surface area contributed by atoms with Crippen LogP contribution < -0.4 is 5.32 Å². The summed E-state index contributed by atoms with van der Waals surface area (Å²) in [5.74, 6) is -1.84. The van der Waals surface area contributed by atoms with E-state index < -0.39 is 29.3 Å². The topological polar surface area (TPSA) is 84.9 Å². The number of hydrogen-bond acceptors (Lipinski definition) is 5. The van der Waals surface area contributed by atoms with Crippen molar-refractivity contribution in [2.45, 2.75) is 19.0 Å². The van der Waals surface area contributed by atoms with Gasteiger partial charge >= 0.3 is 12.0 Å². The van der Waals surface area contributed by atoms with Crippen LogP contribution in [0.4, 0.5) is 9.18 Å². The van der Waals surface area contributed by atoms with Crippen molar-refractivity contribution in [3.8, 4) is 0 Å². The minimum absolute atomic E-state index is 0.0152. The molecule has 23 heavy (non-hydrogen) atoms. The van der Waals surface area contributed by atoms with Crippen molar-refractivity contribution in [2.75, 3.05) is 20.8 Å². The molecule has 0 unspecified atom stereocenters. The zero-order valence-electron chi connectivity index (χ0n) is 13.0. The molecular weight excluding hydrogens is 307 g/mol. The first-order valence-corrected chi connectivity index (χ1v) is 6.82. The highest BCUT2D eigenvalue weighted by Crippen LogP contribution is 2.22. The third-order valence-corrected chi connectivity index (χ3v) is 3.58. The molecule has 1 fully saturated rings. The number of amides is 3. The quantitative estimate of drug-likeness (QED) is 0.647. The fourth-order valence-corrected chi connectivity index (χ4v) is 2.43. The van der Waals surface area contributed by atoms with E-state index >= 15 is 0 Å². The molecule has 0 aliphatic carbocycles. The van der Waals surface area contributed by atoms with Gasteiger partial charge in [0, 0.05) is 7.11 Å². The number of nitrogens with zero attached hydrogens (tertiary/aromatic N) is 1. The van der Waals surface area contributed by atoms with Crippen LogP contribution in [0.15, 0.2) is 18.2 Å². The number of carbonyl (C=O) groups is 3. The van der Waals surface area contributed by atoms with Crippen LogP contribution in [0.1, 0.15) is 22.8 Å². The number of halogens is 1. The summed E-state index contributed by atoms with van der Waals surface area (Å²) in [6.07, 6.45) is 0. The van der Waals surface area contributed by atoms with Crippen LogP contribution in [-0.2, 0) is 20.8 Å². The summed E-state index contributed by atoms with van der Waals surface area (Å²) < 4.78 is 22.9. The highest BCUT2D eigenvalue weighted by Gasteiger charge is 2.48. The smallest absolute Gasteiger partial charge is 0.338 e. The molecule has 0 radical (unpaired) electrons. The normalized spacial score (nSPS) is 20.6. The second kappa shape index (κ2) is 6.33. The van der Waals surface area contributed by atoms with E-state index in [2.05, 4.69) is 10.1 Å². The third-order valence-electron chi connectivity index (χ3n) is 3.58. The lowest BCUT2D eigenvalue weighted by Gasteiger charge is -2.20. The Morgan fingerprint density at radius 3 is 2.65 bits per heavy atom. The predicted octanol–water partition coefficient (Wildman–Crippen LogP) is 1.07. The molecule has 8 heteroatoms. The van der Waals surface area contributed by atoms with Crippen molar-refractivity contribution in [3.05, 3.63) is 35.1 Å². The fraction of sp³-hybridized carbons (Fsp3) is 0.400. The second-order valence-corrected chi connectivity index (χ2v) is 5.38. The lowest BCUT2D eigenvalue weighted by molar-refractivity contribution is -0.132. The predicted molar refractivity (Wildman–Crippen MR) is 77.1 cm³/mol. The Balaban J connectivity index is 2.31. The number of hydrogen-bond donors (Lipinski definition) is 1. The van der Waals surface area contributed by atoms with Crippen molar-refractivity contribution >= 4 is 17.9 Å². The number of benzene rings is 1. The van der Waals surface area contributed by atoms with Crippen LogP contribution >= 0.6 is 0 Å². The van der Waals surface area contributed by atoms with Crippen LogP contribution in [0.2, 0.25) is 0 Å². The Kier molecular flexibility index (Phi) is 4.65. The van der Waals surface area contributed by atoms with E-state index in [1.165, 1.54) is 20.3 Å². The lowest BCUT2D eigenvalue weighted by Crippen LogP contribution is -2.47. The lowest BCUT2D eigenvalue weighted by atomic mass is 10.0. The van der Waals surface area contributed by atoms with Gasteiger partial charge in [0.15, 0.2) is 0 Å². The van der Waals surface area contributed by atoms with Crippen molar-refractivity contribution in [3.63, 3.8) is 0 Å². The van der Waals surface area contributed by atoms with Crippen LogP contribution in [0.3, 0.4) is 0 Å². The molecule has 1 atom stereocenters. The van der Waals surface area contributed by atoms with Gasteiger partial charge in [-0.1, -0.05) is 6.07 Å². The first kappa shape index (κ1) is 16.9. The molecule has 0 bridgehead atoms. The molecule has 1 saturated heterocycles. The Morgan fingerprint density at radius 1 is 1.35 bits per heavy atom. The van der Waals surface area contributed by atoms with Gasteiger partial charge in [0.05, 0.1) is 25.8 Å². The highest BCUT2D eigenvalue weighted by molar-refractivity contribution is 6.07. The van der Waals surface area contributed by atoms with Gasteiger partial charge in [-0.25, -0.2) is 14.0 Å². The van der Waals surface area contributed by atoms with Crippen LogP contribution in [-0.4, -0.2) is 49.2 Å². The first-order valence-electron chi connectivity index (χ1n) is 6.82. The van der Waals surface area contributed by atoms with Gasteiger partial charge in [0.25, 0.3) is 5.91 Å². The maximum absolute atomic E-state index is 13.4. The Hall–Kier alpha value is -2.48. The van der Waals surface area contributed by atoms with Gasteiger partial charge in [-0.15, -0.1) is 0 Å². The van der Waals surface area contributed by atoms with Gasteiger partial charge < -0.3 is 14.8 Å². The Morgan fingerprint density at radius 2 is 2.04 bits per heavy atom. The van der Waals surface area contributed by atoms with Crippen molar-refractivity contribution < 1.29 is 28.2 Å². The van der Waals surface area contributed by atoms with Crippen molar-refractivity contribution in [1.82, 2.24) is 10.2 Å². The van der Waals surface area contributed by atoms with E-state index in [4.69, 9.17) is 4.74 Å². The minimum atomic E-state index is -1.17. The molecule has 1 aromatic rings. The molecule has 1 aromatic carbocycles. The largest absolute Gasteiger partial charge is 0.465 e. The number of methoxy groups -OCH3 is 2. The zero-order chi connectivity index (χ0) is 17.2. The molecule has 1 aliphatic heterocycles. The average molecular weight is 324 g/mol. The monoisotopic (exact) mass is 324 g/mol. The number of esters is 1. The summed E-state index contributed by atoms with van der Waals surface area (Å²) in [6.45, 7) is 1.39. The fourth-order valence-electron chi connectivity index (χ4n) is 2.43. The number of rotatable bonds is 5. The molecule has 3 amide bonds. The molecule has 0 saturated carbocycles. The SMILES string of the molecule is COC[C@@]1(C)NC(=O)N(Cc2ccc(F)cc2C(=O)OC)C1=O. The molecular formula is C15H17FN2O5. The zero-order valence-corrected chi connectivity index (χ0v) is 13.0. The molecule has 7 nitrogen and oxygen atoms in total. The van der Waals surface area contributed by atoms with Crippen molar-refractivity contribution in [2.24, 2.45) is 0 Å². The molecule has 1 heterocycles. The van der Waals surface area contributed by atoms with Crippen LogP contribution in [0, 0.1) is 5.82 Å². The second-order valence-electron chi connectivity index (χ2n) is 5.38. The Bertz CT molecular complexity index is 663. The van der Waals surface area contributed by atoms with Gasteiger partial charge in [0.2, 0.25) is 0 Å². The van der Waals surface area contributed by atoms with Gasteiger partial charge in [-0.05, 0) is 24.6 Å². The molecule has 124 valence electrons. The molecule has 1 N–H and O–H groups in total. The summed E-state index contributed by atoms with van der Waals surface area (Å²) >= 11 is 0. The van der Waals surface area contributed by atoms with E-state index in [-0.39, 0.29) is 18.7 Å². The third kappa shape index (κ3) is 3.16. The summed E-state index contributed by atoms with van der Waals surface area (Å²) in [7, 11) is 2.59. The number of nitrogens with one attached hydrogen (secondary N) is 1. The van der Waals surface area contributed by atoms with E-state index in [1.807, 2.05) is 0 Å². The summed E-state index contributed by atoms with van der Waals surface area (Å²) in [4.78, 5) is 37.2. The van der Waals surface area contributed by atoms with E-state index in [0.29, 0.717) is 5.56 Å². The molecule has 0 aromatic heterocycles. The molecule has 1 aliphatic rings. The van der Waals surface area contributed by atoms with Crippen LogP contribution in [0.5, 0.6) is 0 Å². The number of ether oxygens (including phenoxy) is 2. The van der Waals surface area contributed by atoms with Gasteiger partial charge in [-0.3, -0.25) is 9.69 Å². The van der Waals surface area contributed by atoms with Gasteiger partial charge in [-0.2, -0.15) is 0 Å². The maximum atomic E-state index is 13.4. The first-order chi connectivity index (χ1) is 10.8. The standard InChI is InChI=1S/C15H17FN2O5/c1-15(8-22-2)13(20)18(14(21)17-15)7-9-4-5-10(16)6-11(9)12(19)23-3/h4-6H,7-8H2,1-3H3,(H,17,21)/t15-/m1/s1. The summed E-state index contributed by atoms with van der Waals surface area (Å²) in [5.41, 5.74) is -0.894. The molecule has 2 rings (SSSR count). The molecule has 0 spiro atoms. The average Bonchev–Trinajstić information content (AvgIpc) is 2.71.